The Balaban J connectivity index is 0.00000338. The van der Waals surface area contributed by atoms with Gasteiger partial charge >= 0.3 is 0 Å². The minimum Gasteiger partial charge on any atom is -0.282 e. The predicted molar refractivity (Wildman–Crippen MR) is 102 cm³/mol. The fourth-order valence-electron chi connectivity index (χ4n) is 2.16. The second-order valence-electron chi connectivity index (χ2n) is 4.89. The summed E-state index contributed by atoms with van der Waals surface area (Å²) in [5.41, 5.74) is 0.0951. The Kier molecular flexibility index (Phi) is 8.42. The molecule has 6 nitrogen and oxygen atoms in total. The van der Waals surface area contributed by atoms with Crippen LogP contribution in [0, 0.1) is 0 Å². The van der Waals surface area contributed by atoms with E-state index in [9.17, 15) is 21.4 Å². The maximum absolute atomic E-state index is 12.6. The minimum atomic E-state index is -4.88. The van der Waals surface area contributed by atoms with Crippen molar-refractivity contribution in [1.82, 2.24) is 0 Å². The summed E-state index contributed by atoms with van der Waals surface area (Å²) < 4.78 is 63.9. The average Bonchev–Trinajstić information content (AvgIpc) is 2.58. The molecule has 0 aliphatic carbocycles. The number of rotatable bonds is 7. The van der Waals surface area contributed by atoms with Crippen LogP contribution >= 0.6 is 0 Å². The van der Waals surface area contributed by atoms with Crippen molar-refractivity contribution in [2.75, 3.05) is 6.61 Å². The van der Waals surface area contributed by atoms with Gasteiger partial charge < -0.3 is 0 Å². The normalized spacial score (nSPS) is 12.7. The Morgan fingerprint density at radius 3 is 1.69 bits per heavy atom. The Morgan fingerprint density at radius 2 is 1.31 bits per heavy atom. The van der Waals surface area contributed by atoms with Crippen LogP contribution in [0.4, 0.5) is 0 Å². The van der Waals surface area contributed by atoms with Crippen molar-refractivity contribution in [3.63, 3.8) is 0 Å². The second kappa shape index (κ2) is 9.61. The molecule has 133 valence electrons. The van der Waals surface area contributed by atoms with E-state index in [4.69, 9.17) is 4.18 Å². The molecule has 0 aromatic heterocycles. The summed E-state index contributed by atoms with van der Waals surface area (Å²) in [6.45, 7) is 3.03. The Morgan fingerprint density at radius 1 is 0.885 bits per heavy atom. The van der Waals surface area contributed by atoms with Gasteiger partial charge in [0, 0.05) is 29.6 Å². The maximum Gasteiger partial charge on any atom is 0.299 e. The summed E-state index contributed by atoms with van der Waals surface area (Å²) in [6.07, 6.45) is 1.22. The van der Waals surface area contributed by atoms with Gasteiger partial charge in [0.1, 0.15) is 9.81 Å². The van der Waals surface area contributed by atoms with E-state index >= 15 is 0 Å². The molecule has 2 rings (SSSR count). The maximum atomic E-state index is 12.6. The molecule has 2 aromatic carbocycles. The summed E-state index contributed by atoms with van der Waals surface area (Å²) >= 11 is 0. The van der Waals surface area contributed by atoms with E-state index in [1.807, 2.05) is 0 Å². The molecule has 0 aliphatic rings. The zero-order valence-corrected chi connectivity index (χ0v) is 17.7. The first-order valence-electron chi connectivity index (χ1n) is 7.10. The number of benzene rings is 2. The van der Waals surface area contributed by atoms with Crippen LogP contribution in [0.15, 0.2) is 73.3 Å². The predicted octanol–water partition coefficient (Wildman–Crippen LogP) is 2.55. The van der Waals surface area contributed by atoms with Gasteiger partial charge in [-0.15, -0.1) is 6.58 Å². The zero-order chi connectivity index (χ0) is 18.5. The van der Waals surface area contributed by atoms with Gasteiger partial charge in [0.2, 0.25) is 0 Å². The molecule has 1 radical (unpaired) electrons. The SMILES string of the molecule is C=CCOS(=O)(=O)C(=C(c1ccccc1)S(=O)(=O)O)c1ccccc1.[Na]. The molecule has 0 spiro atoms. The summed E-state index contributed by atoms with van der Waals surface area (Å²) in [4.78, 5) is -1.38. The van der Waals surface area contributed by atoms with Crippen molar-refractivity contribution in [2.24, 2.45) is 0 Å². The molecule has 0 unspecified atom stereocenters. The van der Waals surface area contributed by atoms with Gasteiger partial charge in [-0.05, 0) is 11.1 Å². The van der Waals surface area contributed by atoms with Crippen LogP contribution in [-0.4, -0.2) is 57.6 Å². The zero-order valence-electron chi connectivity index (χ0n) is 14.1. The Bertz CT molecular complexity index is 982. The first-order chi connectivity index (χ1) is 11.8. The second-order valence-corrected chi connectivity index (χ2v) is 7.80. The summed E-state index contributed by atoms with van der Waals surface area (Å²) in [5, 5.41) is 0. The third kappa shape index (κ3) is 5.62. The van der Waals surface area contributed by atoms with E-state index in [2.05, 4.69) is 6.58 Å². The van der Waals surface area contributed by atoms with Crippen LogP contribution in [0.2, 0.25) is 0 Å². The van der Waals surface area contributed by atoms with Gasteiger partial charge in [0.05, 0.1) is 6.61 Å². The average molecular weight is 403 g/mol. The van der Waals surface area contributed by atoms with E-state index in [1.165, 1.54) is 42.5 Å². The van der Waals surface area contributed by atoms with Crippen LogP contribution in [0.1, 0.15) is 11.1 Å². The van der Waals surface area contributed by atoms with E-state index in [1.54, 1.807) is 24.3 Å². The van der Waals surface area contributed by atoms with Crippen molar-refractivity contribution in [3.05, 3.63) is 84.4 Å². The monoisotopic (exact) mass is 403 g/mol. The molecular formula is C17H16NaO6S2. The molecule has 0 fully saturated rings. The minimum absolute atomic E-state index is 0. The fraction of sp³-hybridized carbons (Fsp3) is 0.0588. The van der Waals surface area contributed by atoms with Gasteiger partial charge in [0.15, 0.2) is 0 Å². The molecule has 0 saturated carbocycles. The first kappa shape index (κ1) is 22.8. The molecule has 0 amide bonds. The van der Waals surface area contributed by atoms with Crippen molar-refractivity contribution in [1.29, 1.82) is 0 Å². The summed E-state index contributed by atoms with van der Waals surface area (Å²) in [6, 6.07) is 15.0. The van der Waals surface area contributed by atoms with Crippen molar-refractivity contribution in [2.45, 2.75) is 0 Å². The largest absolute Gasteiger partial charge is 0.299 e. The van der Waals surface area contributed by atoms with E-state index in [0.29, 0.717) is 0 Å². The van der Waals surface area contributed by atoms with E-state index in [0.717, 1.165) is 0 Å². The van der Waals surface area contributed by atoms with Crippen LogP contribution in [0.25, 0.3) is 9.81 Å². The quantitative estimate of drug-likeness (QED) is 0.251. The van der Waals surface area contributed by atoms with Gasteiger partial charge in [-0.3, -0.25) is 8.74 Å². The number of hydrogen-bond acceptors (Lipinski definition) is 5. The Labute approximate surface area is 175 Å². The molecule has 0 bridgehead atoms. The van der Waals surface area contributed by atoms with Crippen molar-refractivity contribution < 1.29 is 25.6 Å². The molecular weight excluding hydrogens is 387 g/mol. The number of hydrogen-bond donors (Lipinski definition) is 1. The van der Waals surface area contributed by atoms with Crippen molar-refractivity contribution >= 4 is 59.6 Å². The van der Waals surface area contributed by atoms with Gasteiger partial charge in [0.25, 0.3) is 20.2 Å². The standard InChI is InChI=1S/C17H16O6S2.Na/c1-2-13-23-25(21,22)17(15-11-7-4-8-12-15)16(24(18,19)20)14-9-5-3-6-10-14;/h2-12H,1,13H2,(H,18,19,20);. The third-order valence-electron chi connectivity index (χ3n) is 3.13. The first-order valence-corrected chi connectivity index (χ1v) is 9.95. The molecule has 9 heteroatoms. The summed E-state index contributed by atoms with van der Waals surface area (Å²) in [7, 11) is -9.38. The molecule has 2 aromatic rings. The fourth-order valence-corrected chi connectivity index (χ4v) is 4.73. The smallest absolute Gasteiger partial charge is 0.282 e. The van der Waals surface area contributed by atoms with Gasteiger partial charge in [-0.1, -0.05) is 66.7 Å². The van der Waals surface area contributed by atoms with Gasteiger partial charge in [-0.2, -0.15) is 16.8 Å². The molecule has 26 heavy (non-hydrogen) atoms. The van der Waals surface area contributed by atoms with E-state index in [-0.39, 0.29) is 47.3 Å². The van der Waals surface area contributed by atoms with Crippen LogP contribution in [-0.2, 0) is 24.4 Å². The molecule has 1 N–H and O–H groups in total. The van der Waals surface area contributed by atoms with E-state index < -0.39 is 30.0 Å². The molecule has 0 aliphatic heterocycles. The molecule has 0 heterocycles. The van der Waals surface area contributed by atoms with Crippen LogP contribution in [0.3, 0.4) is 0 Å². The summed E-state index contributed by atoms with van der Waals surface area (Å²) in [5.74, 6) is 0. The molecule has 0 saturated heterocycles. The topological polar surface area (TPSA) is 97.7 Å². The van der Waals surface area contributed by atoms with Gasteiger partial charge in [-0.25, -0.2) is 0 Å². The third-order valence-corrected chi connectivity index (χ3v) is 5.60. The van der Waals surface area contributed by atoms with Crippen LogP contribution in [0.5, 0.6) is 0 Å². The van der Waals surface area contributed by atoms with Crippen LogP contribution < -0.4 is 0 Å². The molecule has 0 atom stereocenters. The Hall–Kier alpha value is -1.26. The van der Waals surface area contributed by atoms with Crippen molar-refractivity contribution in [3.8, 4) is 0 Å².